The first-order valence-corrected chi connectivity index (χ1v) is 10.9. The largest absolute Gasteiger partial charge is 0.361 e. The van der Waals surface area contributed by atoms with Crippen molar-refractivity contribution >= 4 is 40.0 Å². The molecule has 162 valence electrons. The van der Waals surface area contributed by atoms with Gasteiger partial charge in [-0.15, -0.1) is 24.0 Å². The van der Waals surface area contributed by atoms with Crippen molar-refractivity contribution in [1.82, 2.24) is 20.5 Å². The number of benzene rings is 1. The SMILES string of the molecule is CCc1noc(CC)c1CNC(=NC)NCCNS(=O)(=O)c1ccc(C)cc1.I. The molecule has 0 aliphatic carbocycles. The maximum absolute atomic E-state index is 12.3. The van der Waals surface area contributed by atoms with Gasteiger partial charge in [0, 0.05) is 38.7 Å². The number of nitrogens with zero attached hydrogens (tertiary/aromatic N) is 2. The molecule has 29 heavy (non-hydrogen) atoms. The van der Waals surface area contributed by atoms with Crippen molar-refractivity contribution in [2.45, 2.75) is 45.1 Å². The Kier molecular flexibility index (Phi) is 10.6. The second-order valence-electron chi connectivity index (χ2n) is 6.30. The van der Waals surface area contributed by atoms with E-state index < -0.39 is 10.0 Å². The molecular formula is C19H30IN5O3S. The van der Waals surface area contributed by atoms with Gasteiger partial charge in [0.1, 0.15) is 5.76 Å². The van der Waals surface area contributed by atoms with Crippen molar-refractivity contribution in [3.8, 4) is 0 Å². The monoisotopic (exact) mass is 535 g/mol. The van der Waals surface area contributed by atoms with Crippen molar-refractivity contribution in [3.63, 3.8) is 0 Å². The number of aromatic nitrogens is 1. The second kappa shape index (κ2) is 12.1. The smallest absolute Gasteiger partial charge is 0.240 e. The zero-order valence-corrected chi connectivity index (χ0v) is 20.4. The van der Waals surface area contributed by atoms with Gasteiger partial charge >= 0.3 is 0 Å². The Labute approximate surface area is 190 Å². The van der Waals surface area contributed by atoms with Crippen molar-refractivity contribution < 1.29 is 12.9 Å². The maximum Gasteiger partial charge on any atom is 0.240 e. The molecule has 0 unspecified atom stereocenters. The molecule has 10 heteroatoms. The minimum atomic E-state index is -3.52. The number of hydrogen-bond acceptors (Lipinski definition) is 5. The number of aryl methyl sites for hydroxylation is 3. The summed E-state index contributed by atoms with van der Waals surface area (Å²) in [4.78, 5) is 4.42. The molecular weight excluding hydrogens is 505 g/mol. The van der Waals surface area contributed by atoms with E-state index in [4.69, 9.17) is 4.52 Å². The third-order valence-electron chi connectivity index (χ3n) is 4.30. The maximum atomic E-state index is 12.3. The van der Waals surface area contributed by atoms with Crippen LogP contribution < -0.4 is 15.4 Å². The molecule has 1 aromatic heterocycles. The van der Waals surface area contributed by atoms with Crippen LogP contribution >= 0.6 is 24.0 Å². The standard InChI is InChI=1S/C19H29N5O3S.HI/c1-5-17-16(18(6-2)27-24-17)13-22-19(20-4)21-11-12-23-28(25,26)15-9-7-14(3)8-10-15;/h7-10,23H,5-6,11-13H2,1-4H3,(H2,20,21,22);1H. The molecule has 2 aromatic rings. The van der Waals surface area contributed by atoms with Crippen LogP contribution in [0.5, 0.6) is 0 Å². The van der Waals surface area contributed by atoms with E-state index in [0.717, 1.165) is 35.4 Å². The number of sulfonamides is 1. The number of rotatable bonds is 9. The molecule has 0 radical (unpaired) electrons. The summed E-state index contributed by atoms with van der Waals surface area (Å²) in [5.74, 6) is 1.45. The molecule has 1 aromatic carbocycles. The Morgan fingerprint density at radius 3 is 2.38 bits per heavy atom. The fourth-order valence-corrected chi connectivity index (χ4v) is 3.73. The lowest BCUT2D eigenvalue weighted by molar-refractivity contribution is 0.380. The number of nitrogens with one attached hydrogen (secondary N) is 3. The van der Waals surface area contributed by atoms with Crippen LogP contribution in [-0.4, -0.2) is 39.7 Å². The Morgan fingerprint density at radius 1 is 1.10 bits per heavy atom. The average molecular weight is 535 g/mol. The average Bonchev–Trinajstić information content (AvgIpc) is 3.09. The van der Waals surface area contributed by atoms with Gasteiger partial charge in [0.15, 0.2) is 5.96 Å². The lowest BCUT2D eigenvalue weighted by Crippen LogP contribution is -2.41. The van der Waals surface area contributed by atoms with Crippen LogP contribution in [0.15, 0.2) is 38.7 Å². The van der Waals surface area contributed by atoms with Gasteiger partial charge in [-0.3, -0.25) is 4.99 Å². The van der Waals surface area contributed by atoms with Gasteiger partial charge in [0.05, 0.1) is 10.6 Å². The molecule has 0 atom stereocenters. The van der Waals surface area contributed by atoms with Gasteiger partial charge in [-0.05, 0) is 25.5 Å². The number of hydrogen-bond donors (Lipinski definition) is 3. The first-order valence-electron chi connectivity index (χ1n) is 9.38. The van der Waals surface area contributed by atoms with Gasteiger partial charge in [-0.25, -0.2) is 13.1 Å². The summed E-state index contributed by atoms with van der Waals surface area (Å²) < 4.78 is 32.5. The Morgan fingerprint density at radius 2 is 1.79 bits per heavy atom. The quantitative estimate of drug-likeness (QED) is 0.197. The highest BCUT2D eigenvalue weighted by Crippen LogP contribution is 2.15. The van der Waals surface area contributed by atoms with E-state index in [2.05, 4.69) is 25.5 Å². The minimum absolute atomic E-state index is 0. The highest BCUT2D eigenvalue weighted by atomic mass is 127. The molecule has 3 N–H and O–H groups in total. The summed E-state index contributed by atoms with van der Waals surface area (Å²) in [5.41, 5.74) is 3.00. The Balaban J connectivity index is 0.00000420. The molecule has 0 aliphatic heterocycles. The second-order valence-corrected chi connectivity index (χ2v) is 8.07. The Bertz CT molecular complexity index is 874. The van der Waals surface area contributed by atoms with E-state index >= 15 is 0 Å². The summed E-state index contributed by atoms with van der Waals surface area (Å²) in [6.07, 6.45) is 1.57. The molecule has 0 amide bonds. The van der Waals surface area contributed by atoms with E-state index in [1.807, 2.05) is 20.8 Å². The van der Waals surface area contributed by atoms with Gasteiger partial charge in [0.2, 0.25) is 10.0 Å². The summed E-state index contributed by atoms with van der Waals surface area (Å²) in [7, 11) is -1.85. The predicted molar refractivity (Wildman–Crippen MR) is 125 cm³/mol. The highest BCUT2D eigenvalue weighted by Gasteiger charge is 2.14. The van der Waals surface area contributed by atoms with Gasteiger partial charge in [-0.1, -0.05) is 36.7 Å². The first-order chi connectivity index (χ1) is 13.4. The van der Waals surface area contributed by atoms with Crippen LogP contribution in [0, 0.1) is 6.92 Å². The third kappa shape index (κ3) is 7.27. The summed E-state index contributed by atoms with van der Waals surface area (Å²) in [6, 6.07) is 6.75. The number of aliphatic imine (C=N–C) groups is 1. The van der Waals surface area contributed by atoms with Gasteiger partial charge < -0.3 is 15.2 Å². The Hall–Kier alpha value is -1.66. The van der Waals surface area contributed by atoms with E-state index in [-0.39, 0.29) is 35.4 Å². The zero-order chi connectivity index (χ0) is 20.6. The lowest BCUT2D eigenvalue weighted by Gasteiger charge is -2.13. The molecule has 2 rings (SSSR count). The van der Waals surface area contributed by atoms with E-state index in [1.165, 1.54) is 0 Å². The first kappa shape index (κ1) is 25.4. The topological polar surface area (TPSA) is 109 Å². The van der Waals surface area contributed by atoms with Crippen LogP contribution in [0.2, 0.25) is 0 Å². The van der Waals surface area contributed by atoms with E-state index in [0.29, 0.717) is 19.0 Å². The number of halogens is 1. The molecule has 0 bridgehead atoms. The van der Waals surface area contributed by atoms with Crippen molar-refractivity contribution in [3.05, 3.63) is 46.8 Å². The fraction of sp³-hybridized carbons (Fsp3) is 0.474. The molecule has 0 spiro atoms. The molecule has 1 heterocycles. The molecule has 0 saturated heterocycles. The summed E-state index contributed by atoms with van der Waals surface area (Å²) in [5, 5.41) is 10.4. The van der Waals surface area contributed by atoms with Crippen LogP contribution in [-0.2, 0) is 29.4 Å². The fourth-order valence-electron chi connectivity index (χ4n) is 2.70. The normalized spacial score (nSPS) is 11.8. The summed E-state index contributed by atoms with van der Waals surface area (Å²) in [6.45, 7) is 7.16. The molecule has 0 aliphatic rings. The predicted octanol–water partition coefficient (Wildman–Crippen LogP) is 2.37. The number of guanidine groups is 1. The molecule has 0 fully saturated rings. The van der Waals surface area contributed by atoms with Crippen LogP contribution in [0.25, 0.3) is 0 Å². The van der Waals surface area contributed by atoms with Crippen molar-refractivity contribution in [2.75, 3.05) is 20.1 Å². The van der Waals surface area contributed by atoms with Crippen molar-refractivity contribution in [2.24, 2.45) is 4.99 Å². The zero-order valence-electron chi connectivity index (χ0n) is 17.3. The third-order valence-corrected chi connectivity index (χ3v) is 5.78. The van der Waals surface area contributed by atoms with Crippen molar-refractivity contribution in [1.29, 1.82) is 0 Å². The summed E-state index contributed by atoms with van der Waals surface area (Å²) >= 11 is 0. The van der Waals surface area contributed by atoms with E-state index in [1.54, 1.807) is 31.3 Å². The van der Waals surface area contributed by atoms with Crippen LogP contribution in [0.4, 0.5) is 0 Å². The minimum Gasteiger partial charge on any atom is -0.361 e. The van der Waals surface area contributed by atoms with Gasteiger partial charge in [-0.2, -0.15) is 0 Å². The lowest BCUT2D eigenvalue weighted by atomic mass is 10.1. The molecule has 8 nitrogen and oxygen atoms in total. The van der Waals surface area contributed by atoms with E-state index in [9.17, 15) is 8.42 Å². The highest BCUT2D eigenvalue weighted by molar-refractivity contribution is 14.0. The van der Waals surface area contributed by atoms with Crippen LogP contribution in [0.1, 0.15) is 36.4 Å². The van der Waals surface area contributed by atoms with Crippen LogP contribution in [0.3, 0.4) is 0 Å². The molecule has 0 saturated carbocycles. The van der Waals surface area contributed by atoms with Gasteiger partial charge in [0.25, 0.3) is 0 Å².